The molecule has 1 fully saturated rings. The van der Waals surface area contributed by atoms with E-state index >= 15 is 0 Å². The van der Waals surface area contributed by atoms with E-state index in [1.807, 2.05) is 0 Å². The lowest BCUT2D eigenvalue weighted by molar-refractivity contribution is -0.148. The first-order chi connectivity index (χ1) is 11.5. The van der Waals surface area contributed by atoms with Crippen molar-refractivity contribution in [3.63, 3.8) is 0 Å². The summed E-state index contributed by atoms with van der Waals surface area (Å²) in [6, 6.07) is 2.03. The fourth-order valence-corrected chi connectivity index (χ4v) is 3.94. The zero-order valence-corrected chi connectivity index (χ0v) is 13.2. The van der Waals surface area contributed by atoms with Crippen LogP contribution in [0.25, 0.3) is 0 Å². The topological polar surface area (TPSA) is 120 Å². The highest BCUT2D eigenvalue weighted by Crippen LogP contribution is 2.40. The number of thioether (sulfide) groups is 1. The van der Waals surface area contributed by atoms with Gasteiger partial charge in [0.2, 0.25) is 0 Å². The quantitative estimate of drug-likeness (QED) is 0.654. The minimum absolute atomic E-state index is 0.0214. The minimum Gasteiger partial charge on any atom is -0.477 e. The average molecular weight is 350 g/mol. The van der Waals surface area contributed by atoms with E-state index in [2.05, 4.69) is 11.9 Å². The zero-order valence-electron chi connectivity index (χ0n) is 12.4. The van der Waals surface area contributed by atoms with E-state index in [4.69, 9.17) is 9.52 Å². The lowest BCUT2D eigenvalue weighted by atomic mass is 10.0. The van der Waals surface area contributed by atoms with Gasteiger partial charge in [-0.3, -0.25) is 14.5 Å². The Morgan fingerprint density at radius 3 is 2.83 bits per heavy atom. The highest BCUT2D eigenvalue weighted by Gasteiger charge is 2.54. The van der Waals surface area contributed by atoms with E-state index in [0.29, 0.717) is 11.3 Å². The molecule has 0 unspecified atom stereocenters. The van der Waals surface area contributed by atoms with Crippen LogP contribution in [-0.4, -0.2) is 50.1 Å². The Bertz CT molecular complexity index is 768. The number of fused-ring (bicyclic) bond motifs is 1. The predicted molar refractivity (Wildman–Crippen MR) is 83.8 cm³/mol. The normalized spacial score (nSPS) is 22.7. The Morgan fingerprint density at radius 2 is 2.25 bits per heavy atom. The second-order valence-electron chi connectivity index (χ2n) is 5.17. The molecule has 2 aliphatic heterocycles. The zero-order chi connectivity index (χ0) is 17.4. The van der Waals surface area contributed by atoms with Gasteiger partial charge in [-0.2, -0.15) is 0 Å². The standard InChI is InChI=1S/C15H14N2O6S/c1-2-7-6-24-14-10(13(20)17(14)11(7)15(21)22)16-12(19)9-4-3-8(5-18)23-9/h2-4,10,14,18H,1,5-6H2,(H,16,19)(H,21,22)/t10-,14-/m1/s1. The summed E-state index contributed by atoms with van der Waals surface area (Å²) >= 11 is 1.35. The number of amides is 2. The highest BCUT2D eigenvalue weighted by atomic mass is 32.2. The number of hydrogen-bond donors (Lipinski definition) is 3. The molecule has 2 aliphatic rings. The van der Waals surface area contributed by atoms with Crippen molar-refractivity contribution in [3.05, 3.63) is 47.6 Å². The van der Waals surface area contributed by atoms with Gasteiger partial charge in [0.1, 0.15) is 29.5 Å². The predicted octanol–water partition coefficient (Wildman–Crippen LogP) is 0.310. The number of nitrogens with zero attached hydrogens (tertiary/aromatic N) is 1. The molecule has 1 aromatic heterocycles. The Morgan fingerprint density at radius 1 is 1.50 bits per heavy atom. The van der Waals surface area contributed by atoms with Gasteiger partial charge in [-0.1, -0.05) is 12.7 Å². The van der Waals surface area contributed by atoms with Crippen molar-refractivity contribution in [3.8, 4) is 0 Å². The molecule has 3 N–H and O–H groups in total. The fraction of sp³-hybridized carbons (Fsp3) is 0.267. The SMILES string of the molecule is C=CC1=C(C(=O)O)N2C(=O)[C@@H](NC(=O)c3ccc(CO)o3)[C@H]2SC1. The number of aliphatic carboxylic acids is 1. The van der Waals surface area contributed by atoms with Gasteiger partial charge in [0.05, 0.1) is 0 Å². The molecule has 0 saturated carbocycles. The maximum absolute atomic E-state index is 12.3. The number of carbonyl (C=O) groups is 3. The molecule has 3 rings (SSSR count). The molecule has 9 heteroatoms. The molecular formula is C15H14N2O6S. The Labute approximate surface area is 140 Å². The third-order valence-electron chi connectivity index (χ3n) is 3.77. The molecule has 0 aromatic carbocycles. The van der Waals surface area contributed by atoms with Crippen LogP contribution in [0.15, 0.2) is 40.5 Å². The van der Waals surface area contributed by atoms with Crippen LogP contribution in [0.5, 0.6) is 0 Å². The summed E-state index contributed by atoms with van der Waals surface area (Å²) < 4.78 is 5.12. The number of nitrogens with one attached hydrogen (secondary N) is 1. The van der Waals surface area contributed by atoms with Crippen molar-refractivity contribution >= 4 is 29.5 Å². The lowest BCUT2D eigenvalue weighted by Gasteiger charge is -2.49. The Balaban J connectivity index is 1.76. The van der Waals surface area contributed by atoms with Crippen molar-refractivity contribution < 1.29 is 29.0 Å². The number of β-lactam (4-membered cyclic amide) rings is 1. The van der Waals surface area contributed by atoms with Crippen LogP contribution in [0.3, 0.4) is 0 Å². The number of rotatable bonds is 5. The minimum atomic E-state index is -1.20. The first kappa shape index (κ1) is 16.3. The van der Waals surface area contributed by atoms with Gasteiger partial charge in [0, 0.05) is 5.75 Å². The van der Waals surface area contributed by atoms with E-state index in [-0.39, 0.29) is 23.8 Å². The smallest absolute Gasteiger partial charge is 0.352 e. The van der Waals surface area contributed by atoms with Crippen molar-refractivity contribution in [1.29, 1.82) is 0 Å². The number of carboxylic acid groups (broad SMARTS) is 1. The van der Waals surface area contributed by atoms with Crippen molar-refractivity contribution in [2.24, 2.45) is 0 Å². The summed E-state index contributed by atoms with van der Waals surface area (Å²) in [6.45, 7) is 3.23. The van der Waals surface area contributed by atoms with Crippen LogP contribution in [0.1, 0.15) is 16.3 Å². The summed E-state index contributed by atoms with van der Waals surface area (Å²) in [6.07, 6.45) is 1.42. The number of furan rings is 1. The van der Waals surface area contributed by atoms with Crippen LogP contribution < -0.4 is 5.32 Å². The van der Waals surface area contributed by atoms with E-state index in [9.17, 15) is 19.5 Å². The third kappa shape index (κ3) is 2.51. The highest BCUT2D eigenvalue weighted by molar-refractivity contribution is 8.00. The first-order valence-electron chi connectivity index (χ1n) is 7.02. The first-order valence-corrected chi connectivity index (χ1v) is 8.06. The fourth-order valence-electron chi connectivity index (χ4n) is 2.60. The number of aliphatic hydroxyl groups is 1. The summed E-state index contributed by atoms with van der Waals surface area (Å²) in [5.74, 6) is -1.68. The van der Waals surface area contributed by atoms with E-state index in [1.165, 1.54) is 34.9 Å². The van der Waals surface area contributed by atoms with Crippen LogP contribution in [-0.2, 0) is 16.2 Å². The van der Waals surface area contributed by atoms with Crippen LogP contribution in [0.4, 0.5) is 0 Å². The molecule has 0 spiro atoms. The summed E-state index contributed by atoms with van der Waals surface area (Å²) in [5, 5.41) is 20.3. The molecule has 1 aromatic rings. The lowest BCUT2D eigenvalue weighted by Crippen LogP contribution is -2.70. The van der Waals surface area contributed by atoms with Gasteiger partial charge in [-0.05, 0) is 17.7 Å². The summed E-state index contributed by atoms with van der Waals surface area (Å²) in [7, 11) is 0. The second-order valence-corrected chi connectivity index (χ2v) is 6.27. The van der Waals surface area contributed by atoms with Gasteiger partial charge in [-0.25, -0.2) is 4.79 Å². The molecule has 0 bridgehead atoms. The number of carboxylic acids is 1. The Kier molecular flexibility index (Phi) is 4.20. The molecular weight excluding hydrogens is 336 g/mol. The molecule has 1 saturated heterocycles. The van der Waals surface area contributed by atoms with Gasteiger partial charge in [0.25, 0.3) is 11.8 Å². The largest absolute Gasteiger partial charge is 0.477 e. The molecule has 0 aliphatic carbocycles. The van der Waals surface area contributed by atoms with E-state index in [1.54, 1.807) is 0 Å². The van der Waals surface area contributed by atoms with Crippen molar-refractivity contribution in [1.82, 2.24) is 10.2 Å². The maximum atomic E-state index is 12.3. The number of allylic oxidation sites excluding steroid dienone is 1. The molecule has 24 heavy (non-hydrogen) atoms. The van der Waals surface area contributed by atoms with Crippen molar-refractivity contribution in [2.45, 2.75) is 18.0 Å². The maximum Gasteiger partial charge on any atom is 0.352 e. The summed E-state index contributed by atoms with van der Waals surface area (Å²) in [5.41, 5.74) is 0.380. The number of hydrogen-bond acceptors (Lipinski definition) is 6. The van der Waals surface area contributed by atoms with E-state index in [0.717, 1.165) is 0 Å². The van der Waals surface area contributed by atoms with E-state index < -0.39 is 29.2 Å². The number of aliphatic hydroxyl groups excluding tert-OH is 1. The van der Waals surface area contributed by atoms with Crippen LogP contribution in [0, 0.1) is 0 Å². The molecule has 126 valence electrons. The molecule has 0 radical (unpaired) electrons. The van der Waals surface area contributed by atoms with Crippen LogP contribution >= 0.6 is 11.8 Å². The molecule has 3 heterocycles. The molecule has 2 amide bonds. The number of carbonyl (C=O) groups excluding carboxylic acids is 2. The molecule has 8 nitrogen and oxygen atoms in total. The third-order valence-corrected chi connectivity index (χ3v) is 5.08. The van der Waals surface area contributed by atoms with Gasteiger partial charge < -0.3 is 19.9 Å². The average Bonchev–Trinajstić information content (AvgIpc) is 3.07. The van der Waals surface area contributed by atoms with Crippen LogP contribution in [0.2, 0.25) is 0 Å². The van der Waals surface area contributed by atoms with Crippen molar-refractivity contribution in [2.75, 3.05) is 5.75 Å². The monoisotopic (exact) mass is 350 g/mol. The summed E-state index contributed by atoms with van der Waals surface area (Å²) in [4.78, 5) is 37.0. The van der Waals surface area contributed by atoms with Gasteiger partial charge >= 0.3 is 5.97 Å². The van der Waals surface area contributed by atoms with Gasteiger partial charge in [-0.15, -0.1) is 11.8 Å². The Hall–Kier alpha value is -2.52. The second kappa shape index (κ2) is 6.17. The molecule has 2 atom stereocenters. The van der Waals surface area contributed by atoms with Gasteiger partial charge in [0.15, 0.2) is 5.76 Å².